The average Bonchev–Trinajstić information content (AvgIpc) is 3.37. The van der Waals surface area contributed by atoms with Crippen LogP contribution in [0.3, 0.4) is 0 Å². The van der Waals surface area contributed by atoms with E-state index in [1.54, 1.807) is 19.2 Å². The minimum Gasteiger partial charge on any atom is -0.478 e. The van der Waals surface area contributed by atoms with Crippen LogP contribution in [0, 0.1) is 12.7 Å². The van der Waals surface area contributed by atoms with Crippen LogP contribution in [-0.2, 0) is 19.1 Å². The number of aryl methyl sites for hydroxylation is 1. The number of aromatic nitrogens is 1. The van der Waals surface area contributed by atoms with E-state index in [9.17, 15) is 14.0 Å². The summed E-state index contributed by atoms with van der Waals surface area (Å²) in [6.07, 6.45) is 3.84. The molecule has 2 aliphatic heterocycles. The van der Waals surface area contributed by atoms with Crippen LogP contribution in [0.2, 0.25) is 0 Å². The van der Waals surface area contributed by atoms with E-state index in [1.807, 2.05) is 5.38 Å². The Balaban J connectivity index is 1.73. The maximum atomic E-state index is 13.9. The van der Waals surface area contributed by atoms with Gasteiger partial charge in [-0.3, -0.25) is 9.89 Å². The van der Waals surface area contributed by atoms with Crippen LogP contribution in [0.15, 0.2) is 58.2 Å². The molecule has 184 valence electrons. The summed E-state index contributed by atoms with van der Waals surface area (Å²) in [5, 5.41) is 14.7. The van der Waals surface area contributed by atoms with E-state index in [-0.39, 0.29) is 5.82 Å². The maximum Gasteiger partial charge on any atom is 0.338 e. The van der Waals surface area contributed by atoms with Crippen molar-refractivity contribution in [1.29, 1.82) is 0 Å². The number of aliphatic imine (C=N–C) groups is 1. The molecule has 2 atom stereocenters. The van der Waals surface area contributed by atoms with Gasteiger partial charge in [0.15, 0.2) is 10.8 Å². The van der Waals surface area contributed by atoms with Crippen molar-refractivity contribution in [3.8, 4) is 0 Å². The normalized spacial score (nSPS) is 21.1. The number of nitrogens with zero attached hydrogens (tertiary/aromatic N) is 3. The Kier molecular flexibility index (Phi) is 7.69. The van der Waals surface area contributed by atoms with Gasteiger partial charge in [-0.15, -0.1) is 11.3 Å². The van der Waals surface area contributed by atoms with Crippen molar-refractivity contribution >= 4 is 29.1 Å². The molecule has 35 heavy (non-hydrogen) atoms. The zero-order valence-electron chi connectivity index (χ0n) is 19.2. The molecule has 4 rings (SSSR count). The lowest BCUT2D eigenvalue weighted by molar-refractivity contribution is -0.136. The van der Waals surface area contributed by atoms with Gasteiger partial charge < -0.3 is 19.9 Å². The van der Waals surface area contributed by atoms with E-state index in [0.29, 0.717) is 59.5 Å². The number of hydrogen-bond acceptors (Lipinski definition) is 9. The number of carboxylic acid groups (broad SMARTS) is 1. The number of carbonyl (C=O) groups is 2. The first-order chi connectivity index (χ1) is 16.9. The number of carbonyl (C=O) groups excluding carboxylic acids is 1. The Morgan fingerprint density at radius 1 is 1.43 bits per heavy atom. The van der Waals surface area contributed by atoms with Crippen LogP contribution >= 0.6 is 11.3 Å². The van der Waals surface area contributed by atoms with E-state index in [1.165, 1.54) is 36.7 Å². The van der Waals surface area contributed by atoms with Crippen molar-refractivity contribution in [3.05, 3.63) is 75.1 Å². The van der Waals surface area contributed by atoms with E-state index >= 15 is 0 Å². The molecule has 11 heteroatoms. The number of thiazole rings is 1. The lowest BCUT2D eigenvalue weighted by Crippen LogP contribution is -2.46. The molecule has 1 fully saturated rings. The molecule has 2 N–H and O–H groups in total. The van der Waals surface area contributed by atoms with E-state index < -0.39 is 24.1 Å². The maximum absolute atomic E-state index is 13.9. The lowest BCUT2D eigenvalue weighted by Gasteiger charge is -2.34. The van der Waals surface area contributed by atoms with Crippen LogP contribution in [0.5, 0.6) is 0 Å². The van der Waals surface area contributed by atoms with Crippen molar-refractivity contribution in [1.82, 2.24) is 15.2 Å². The molecule has 0 bridgehead atoms. The highest BCUT2D eigenvalue weighted by molar-refractivity contribution is 7.11. The number of hydrogen-bond donors (Lipinski definition) is 2. The summed E-state index contributed by atoms with van der Waals surface area (Å²) < 4.78 is 24.6. The topological polar surface area (TPSA) is 113 Å². The molecule has 2 aliphatic rings. The fourth-order valence-electron chi connectivity index (χ4n) is 4.10. The molecule has 3 heterocycles. The Morgan fingerprint density at radius 2 is 2.26 bits per heavy atom. The molecule has 9 nitrogen and oxygen atoms in total. The second kappa shape index (κ2) is 10.9. The van der Waals surface area contributed by atoms with Gasteiger partial charge >= 0.3 is 11.9 Å². The van der Waals surface area contributed by atoms with Gasteiger partial charge in [-0.2, -0.15) is 0 Å². The molecule has 0 saturated carbocycles. The van der Waals surface area contributed by atoms with Crippen molar-refractivity contribution in [2.75, 3.05) is 33.4 Å². The monoisotopic (exact) mass is 500 g/mol. The number of aliphatic carboxylic acids is 1. The van der Waals surface area contributed by atoms with E-state index in [4.69, 9.17) is 19.6 Å². The molecule has 1 saturated heterocycles. The second-order valence-electron chi connectivity index (χ2n) is 8.07. The summed E-state index contributed by atoms with van der Waals surface area (Å²) in [5.41, 5.74) is 2.26. The molecule has 0 spiro atoms. The first-order valence-corrected chi connectivity index (χ1v) is 11.8. The summed E-state index contributed by atoms with van der Waals surface area (Å²) in [7, 11) is 1.31. The highest BCUT2D eigenvalue weighted by Gasteiger charge is 2.34. The second-order valence-corrected chi connectivity index (χ2v) is 8.96. The van der Waals surface area contributed by atoms with Gasteiger partial charge in [0, 0.05) is 43.0 Å². The van der Waals surface area contributed by atoms with Crippen molar-refractivity contribution in [3.63, 3.8) is 0 Å². The number of benzene rings is 1. The number of ether oxygens (including phenoxy) is 2. The van der Waals surface area contributed by atoms with E-state index in [0.717, 1.165) is 6.08 Å². The van der Waals surface area contributed by atoms with E-state index in [2.05, 4.69) is 15.2 Å². The number of nitrogens with one attached hydrogen (secondary N) is 1. The standard InChI is InChI=1S/C24H25FN4O5S/c1-14-11-15(25)3-5-17(14)21-20(24(32)33-2)18(27-22(28-21)23-26-7-10-35-23)13-29-8-9-34-16(12-29)4-6-19(30)31/h3-7,10-11,16,21H,8-9,12-13H2,1-2H3,(H,27,28)(H,30,31)/b6-4+/t16-,21+/m1/s1. The van der Waals surface area contributed by atoms with Crippen molar-refractivity contribution in [2.45, 2.75) is 19.1 Å². The van der Waals surface area contributed by atoms with Gasteiger partial charge in [-0.25, -0.2) is 19.0 Å². The van der Waals surface area contributed by atoms with Gasteiger partial charge in [-0.1, -0.05) is 6.07 Å². The number of morpholine rings is 1. The number of esters is 1. The summed E-state index contributed by atoms with van der Waals surface area (Å²) in [5.74, 6) is -1.45. The predicted octanol–water partition coefficient (Wildman–Crippen LogP) is 2.45. The summed E-state index contributed by atoms with van der Waals surface area (Å²) in [6.45, 7) is 3.54. The van der Waals surface area contributed by atoms with Crippen LogP contribution < -0.4 is 5.32 Å². The van der Waals surface area contributed by atoms with Crippen molar-refractivity contribution < 1.29 is 28.6 Å². The Labute approximate surface area is 205 Å². The van der Waals surface area contributed by atoms with Crippen LogP contribution in [0.1, 0.15) is 22.2 Å². The van der Waals surface area contributed by atoms with Crippen LogP contribution in [0.4, 0.5) is 4.39 Å². The Hall–Kier alpha value is -3.41. The minimum absolute atomic E-state index is 0.326. The molecule has 0 aliphatic carbocycles. The fourth-order valence-corrected chi connectivity index (χ4v) is 4.68. The molecule has 1 aromatic carbocycles. The largest absolute Gasteiger partial charge is 0.478 e. The Morgan fingerprint density at radius 3 is 2.94 bits per heavy atom. The lowest BCUT2D eigenvalue weighted by atomic mass is 9.92. The molecular formula is C24H25FN4O5S. The molecule has 0 radical (unpaired) electrons. The number of carboxylic acids is 1. The van der Waals surface area contributed by atoms with Gasteiger partial charge in [0.25, 0.3) is 0 Å². The van der Waals surface area contributed by atoms with Crippen molar-refractivity contribution in [2.24, 2.45) is 4.99 Å². The third-order valence-electron chi connectivity index (χ3n) is 5.71. The first kappa shape index (κ1) is 24.7. The number of methoxy groups -OCH3 is 1. The van der Waals surface area contributed by atoms with Gasteiger partial charge in [0.2, 0.25) is 0 Å². The van der Waals surface area contributed by atoms with Gasteiger partial charge in [0.05, 0.1) is 25.4 Å². The van der Waals surface area contributed by atoms with Crippen LogP contribution in [-0.4, -0.2) is 72.2 Å². The molecule has 1 aromatic heterocycles. The summed E-state index contributed by atoms with van der Waals surface area (Å²) >= 11 is 1.40. The SMILES string of the molecule is COC(=O)C1=C(CN2CCO[C@H](/C=C/C(=O)O)C2)NC(c2nccs2)=N[C@H]1c1ccc(F)cc1C. The molecule has 0 amide bonds. The zero-order chi connectivity index (χ0) is 24.9. The molecule has 2 aromatic rings. The summed E-state index contributed by atoms with van der Waals surface area (Å²) in [4.78, 5) is 35.1. The summed E-state index contributed by atoms with van der Waals surface area (Å²) in [6, 6.07) is 3.66. The third kappa shape index (κ3) is 5.81. The number of rotatable bonds is 7. The smallest absolute Gasteiger partial charge is 0.338 e. The molecule has 0 unspecified atom stereocenters. The minimum atomic E-state index is -1.04. The average molecular weight is 501 g/mol. The third-order valence-corrected chi connectivity index (χ3v) is 6.49. The highest BCUT2D eigenvalue weighted by Crippen LogP contribution is 2.35. The number of halogens is 1. The fraction of sp³-hybridized carbons (Fsp3) is 0.333. The molecular weight excluding hydrogens is 475 g/mol. The highest BCUT2D eigenvalue weighted by atomic mass is 32.1. The first-order valence-electron chi connectivity index (χ1n) is 10.9. The Bertz CT molecular complexity index is 1190. The van der Waals surface area contributed by atoms with Gasteiger partial charge in [0.1, 0.15) is 11.9 Å². The predicted molar refractivity (Wildman–Crippen MR) is 128 cm³/mol. The number of amidine groups is 1. The van der Waals surface area contributed by atoms with Gasteiger partial charge in [-0.05, 0) is 36.3 Å². The quantitative estimate of drug-likeness (QED) is 0.440. The zero-order valence-corrected chi connectivity index (χ0v) is 20.0. The van der Waals surface area contributed by atoms with Crippen LogP contribution in [0.25, 0.3) is 0 Å².